The van der Waals surface area contributed by atoms with Gasteiger partial charge < -0.3 is 40.3 Å². The molecular weight excluding hydrogens is 658 g/mol. The van der Waals surface area contributed by atoms with Crippen LogP contribution in [0.25, 0.3) is 0 Å². The van der Waals surface area contributed by atoms with Gasteiger partial charge in [-0.1, -0.05) is 160 Å². The van der Waals surface area contributed by atoms with E-state index in [1.165, 1.54) is 121 Å². The molecule has 1 fully saturated rings. The number of hydrogen-bond donors (Lipinski definition) is 6. The molecular formula is C43H81NO8. The molecule has 0 aromatic carbocycles. The molecule has 0 aromatic heterocycles. The summed E-state index contributed by atoms with van der Waals surface area (Å²) in [5.74, 6) is -0.185. The highest BCUT2D eigenvalue weighted by Crippen LogP contribution is 2.22. The molecule has 0 aromatic rings. The van der Waals surface area contributed by atoms with Gasteiger partial charge in [-0.2, -0.15) is 0 Å². The van der Waals surface area contributed by atoms with E-state index in [0.717, 1.165) is 44.9 Å². The molecule has 52 heavy (non-hydrogen) atoms. The zero-order valence-electron chi connectivity index (χ0n) is 33.5. The predicted octanol–water partition coefficient (Wildman–Crippen LogP) is 8.33. The average Bonchev–Trinajstić information content (AvgIpc) is 3.14. The number of aliphatic hydroxyl groups is 5. The van der Waals surface area contributed by atoms with Crippen molar-refractivity contribution in [1.82, 2.24) is 5.32 Å². The van der Waals surface area contributed by atoms with E-state index in [0.29, 0.717) is 6.42 Å². The van der Waals surface area contributed by atoms with Crippen molar-refractivity contribution in [1.29, 1.82) is 0 Å². The molecule has 9 nitrogen and oxygen atoms in total. The highest BCUT2D eigenvalue weighted by molar-refractivity contribution is 5.76. The molecule has 0 spiro atoms. The summed E-state index contributed by atoms with van der Waals surface area (Å²) >= 11 is 0. The van der Waals surface area contributed by atoms with Gasteiger partial charge in [0.2, 0.25) is 5.91 Å². The second-order valence-corrected chi connectivity index (χ2v) is 15.3. The van der Waals surface area contributed by atoms with Crippen LogP contribution in [0.4, 0.5) is 0 Å². The Morgan fingerprint density at radius 3 is 1.71 bits per heavy atom. The maximum Gasteiger partial charge on any atom is 0.220 e. The number of carbonyl (C=O) groups excluding carboxylic acids is 1. The molecule has 0 aliphatic carbocycles. The highest BCUT2D eigenvalue weighted by atomic mass is 16.7. The van der Waals surface area contributed by atoms with Crippen LogP contribution in [0.15, 0.2) is 23.8 Å². The van der Waals surface area contributed by atoms with Crippen LogP contribution in [0.3, 0.4) is 0 Å². The van der Waals surface area contributed by atoms with Crippen LogP contribution in [-0.4, -0.2) is 87.5 Å². The van der Waals surface area contributed by atoms with E-state index in [4.69, 9.17) is 9.47 Å². The van der Waals surface area contributed by atoms with E-state index in [1.807, 2.05) is 6.08 Å². The van der Waals surface area contributed by atoms with Gasteiger partial charge in [0.15, 0.2) is 6.29 Å². The van der Waals surface area contributed by atoms with Gasteiger partial charge in [-0.15, -0.1) is 0 Å². The van der Waals surface area contributed by atoms with Crippen molar-refractivity contribution in [2.24, 2.45) is 0 Å². The van der Waals surface area contributed by atoms with Gasteiger partial charge in [0, 0.05) is 6.42 Å². The Hall–Kier alpha value is -1.33. The zero-order valence-corrected chi connectivity index (χ0v) is 33.5. The van der Waals surface area contributed by atoms with Crippen LogP contribution in [0.1, 0.15) is 188 Å². The van der Waals surface area contributed by atoms with E-state index in [9.17, 15) is 30.3 Å². The lowest BCUT2D eigenvalue weighted by atomic mass is 9.99. The topological polar surface area (TPSA) is 149 Å². The maximum atomic E-state index is 12.9. The summed E-state index contributed by atoms with van der Waals surface area (Å²) in [5.41, 5.74) is 1.43. The van der Waals surface area contributed by atoms with Gasteiger partial charge in [-0.05, 0) is 45.4 Å². The molecule has 1 amide bonds. The number of allylic oxidation sites excluding steroid dienone is 3. The monoisotopic (exact) mass is 740 g/mol. The molecule has 0 radical (unpaired) electrons. The fourth-order valence-electron chi connectivity index (χ4n) is 6.81. The first-order valence-corrected chi connectivity index (χ1v) is 21.5. The highest BCUT2D eigenvalue weighted by Gasteiger charge is 2.44. The van der Waals surface area contributed by atoms with Crippen molar-refractivity contribution in [2.75, 3.05) is 13.2 Å². The molecule has 1 aliphatic heterocycles. The lowest BCUT2D eigenvalue weighted by Gasteiger charge is -2.40. The Bertz CT molecular complexity index is 896. The molecule has 1 aliphatic rings. The maximum absolute atomic E-state index is 12.9. The van der Waals surface area contributed by atoms with Crippen molar-refractivity contribution in [3.63, 3.8) is 0 Å². The van der Waals surface area contributed by atoms with E-state index in [1.54, 1.807) is 6.08 Å². The normalized spacial score (nSPS) is 22.2. The lowest BCUT2D eigenvalue weighted by molar-refractivity contribution is -0.302. The van der Waals surface area contributed by atoms with Crippen molar-refractivity contribution in [3.8, 4) is 0 Å². The van der Waals surface area contributed by atoms with Crippen LogP contribution in [0.5, 0.6) is 0 Å². The molecule has 9 heteroatoms. The van der Waals surface area contributed by atoms with E-state index < -0.39 is 49.5 Å². The Morgan fingerprint density at radius 2 is 1.19 bits per heavy atom. The summed E-state index contributed by atoms with van der Waals surface area (Å²) < 4.78 is 11.2. The molecule has 0 bridgehead atoms. The third kappa shape index (κ3) is 24.2. The number of nitrogens with one attached hydrogen (secondary N) is 1. The molecule has 6 N–H and O–H groups in total. The number of hydrogen-bond acceptors (Lipinski definition) is 8. The summed E-state index contributed by atoms with van der Waals surface area (Å²) in [6.07, 6.45) is 28.6. The van der Waals surface area contributed by atoms with Gasteiger partial charge in [0.1, 0.15) is 24.4 Å². The largest absolute Gasteiger partial charge is 0.394 e. The van der Waals surface area contributed by atoms with Gasteiger partial charge in [-0.25, -0.2) is 0 Å². The third-order valence-electron chi connectivity index (χ3n) is 10.4. The van der Waals surface area contributed by atoms with Crippen LogP contribution in [-0.2, 0) is 14.3 Å². The Labute approximate surface area is 318 Å². The van der Waals surface area contributed by atoms with Crippen molar-refractivity contribution in [3.05, 3.63) is 23.8 Å². The Balaban J connectivity index is 2.48. The number of amides is 1. The molecule has 1 rings (SSSR count). The first kappa shape index (κ1) is 48.7. The minimum absolute atomic E-state index is 0.185. The standard InChI is InChI=1S/C43H81NO8/c1-4-6-8-10-12-13-14-15-16-17-18-20-22-28-32-39(47)44-36(34-51-43-42(50)41(49)40(48)38(33-45)52-43)37(46)31-27-24-23-26-30-35(3)29-25-21-19-11-9-7-5-2/h27,30-31,36-38,40-43,45-46,48-50H,4-26,28-29,32-34H2,1-3H3,(H,44,47)/b31-27+,35-30+/t36-,37+,38+,40+,41-,42+,43+/m0/s1. The van der Waals surface area contributed by atoms with Gasteiger partial charge in [0.25, 0.3) is 0 Å². The number of ether oxygens (including phenoxy) is 2. The van der Waals surface area contributed by atoms with Gasteiger partial charge in [0.05, 0.1) is 25.4 Å². The molecule has 7 atom stereocenters. The lowest BCUT2D eigenvalue weighted by Crippen LogP contribution is -2.60. The van der Waals surface area contributed by atoms with Crippen molar-refractivity contribution in [2.45, 2.75) is 231 Å². The molecule has 1 heterocycles. The van der Waals surface area contributed by atoms with E-state index in [-0.39, 0.29) is 12.5 Å². The smallest absolute Gasteiger partial charge is 0.220 e. The second kappa shape index (κ2) is 33.0. The number of rotatable bonds is 34. The Morgan fingerprint density at radius 1 is 0.692 bits per heavy atom. The average molecular weight is 740 g/mol. The quantitative estimate of drug-likeness (QED) is 0.0285. The second-order valence-electron chi connectivity index (χ2n) is 15.3. The predicted molar refractivity (Wildman–Crippen MR) is 212 cm³/mol. The summed E-state index contributed by atoms with van der Waals surface area (Å²) in [5, 5.41) is 54.1. The summed E-state index contributed by atoms with van der Waals surface area (Å²) in [6, 6.07) is -0.813. The zero-order chi connectivity index (χ0) is 38.2. The molecule has 0 saturated carbocycles. The van der Waals surface area contributed by atoms with E-state index in [2.05, 4.69) is 32.2 Å². The van der Waals surface area contributed by atoms with Gasteiger partial charge in [-0.3, -0.25) is 4.79 Å². The summed E-state index contributed by atoms with van der Waals surface area (Å²) in [7, 11) is 0. The van der Waals surface area contributed by atoms with Crippen molar-refractivity contribution < 1.29 is 39.8 Å². The molecule has 1 saturated heterocycles. The SMILES string of the molecule is CCCCCCCCCCCCCCCCC(=O)N[C@@H](CO[C@@H]1O[C@H](CO)[C@@H](O)[C@H](O)[C@H]1O)[C@H](O)/C=C/CCC/C=C(\C)CCCCCCCCC. The van der Waals surface area contributed by atoms with Crippen LogP contribution in [0, 0.1) is 0 Å². The molecule has 0 unspecified atom stereocenters. The van der Waals surface area contributed by atoms with Crippen LogP contribution >= 0.6 is 0 Å². The van der Waals surface area contributed by atoms with Crippen molar-refractivity contribution >= 4 is 5.91 Å². The Kier molecular flexibility index (Phi) is 30.9. The first-order valence-electron chi connectivity index (χ1n) is 21.5. The van der Waals surface area contributed by atoms with E-state index >= 15 is 0 Å². The summed E-state index contributed by atoms with van der Waals surface area (Å²) in [4.78, 5) is 12.9. The fourth-order valence-corrected chi connectivity index (χ4v) is 6.81. The minimum atomic E-state index is -1.57. The number of carbonyl (C=O) groups is 1. The van der Waals surface area contributed by atoms with Gasteiger partial charge >= 0.3 is 0 Å². The first-order chi connectivity index (χ1) is 25.2. The minimum Gasteiger partial charge on any atom is -0.394 e. The van der Waals surface area contributed by atoms with Crippen LogP contribution < -0.4 is 5.32 Å². The number of aliphatic hydroxyl groups excluding tert-OH is 5. The number of unbranched alkanes of at least 4 members (excludes halogenated alkanes) is 21. The fraction of sp³-hybridized carbons (Fsp3) is 0.884. The summed E-state index contributed by atoms with van der Waals surface area (Å²) in [6.45, 7) is 5.95. The molecule has 306 valence electrons. The van der Waals surface area contributed by atoms with Crippen LogP contribution in [0.2, 0.25) is 0 Å². The third-order valence-corrected chi connectivity index (χ3v) is 10.4.